The highest BCUT2D eigenvalue weighted by Crippen LogP contribution is 2.27. The predicted octanol–water partition coefficient (Wildman–Crippen LogP) is 4.38. The van der Waals surface area contributed by atoms with Gasteiger partial charge in [0.1, 0.15) is 0 Å². The summed E-state index contributed by atoms with van der Waals surface area (Å²) in [5.41, 5.74) is 3.66. The van der Waals surface area contributed by atoms with Gasteiger partial charge in [0.25, 0.3) is 11.8 Å². The highest BCUT2D eigenvalue weighted by atomic mass is 79.9. The molecule has 0 fully saturated rings. The monoisotopic (exact) mass is 386 g/mol. The molecule has 1 heterocycles. The van der Waals surface area contributed by atoms with Crippen molar-refractivity contribution in [3.63, 3.8) is 0 Å². The Morgan fingerprint density at radius 2 is 2.08 bits per heavy atom. The van der Waals surface area contributed by atoms with Crippen molar-refractivity contribution in [2.75, 3.05) is 11.9 Å². The third-order valence-electron chi connectivity index (χ3n) is 4.17. The first kappa shape index (κ1) is 16.7. The fraction of sp³-hybridized carbons (Fsp3) is 0.263. The molecule has 1 N–H and O–H groups in total. The Hall–Kier alpha value is -2.14. The van der Waals surface area contributed by atoms with Crippen LogP contribution in [-0.4, -0.2) is 23.3 Å². The van der Waals surface area contributed by atoms with E-state index in [1.165, 1.54) is 0 Å². The van der Waals surface area contributed by atoms with Crippen LogP contribution in [0.4, 0.5) is 5.69 Å². The Balaban J connectivity index is 1.88. The van der Waals surface area contributed by atoms with E-state index in [1.54, 1.807) is 11.0 Å². The minimum absolute atomic E-state index is 0.0513. The summed E-state index contributed by atoms with van der Waals surface area (Å²) in [7, 11) is 0. The summed E-state index contributed by atoms with van der Waals surface area (Å²) in [6.45, 7) is 5.30. The Kier molecular flexibility index (Phi) is 4.71. The lowest BCUT2D eigenvalue weighted by molar-refractivity contribution is 0.0774. The Labute approximate surface area is 150 Å². The molecule has 3 rings (SSSR count). The Morgan fingerprint density at radius 1 is 1.29 bits per heavy atom. The van der Waals surface area contributed by atoms with E-state index >= 15 is 0 Å². The van der Waals surface area contributed by atoms with Gasteiger partial charge in [0.15, 0.2) is 0 Å². The van der Waals surface area contributed by atoms with Crippen molar-refractivity contribution in [1.29, 1.82) is 0 Å². The number of fused-ring (bicyclic) bond motifs is 1. The van der Waals surface area contributed by atoms with Crippen LogP contribution < -0.4 is 5.32 Å². The maximum atomic E-state index is 12.7. The first-order chi connectivity index (χ1) is 11.5. The van der Waals surface area contributed by atoms with Gasteiger partial charge in [0, 0.05) is 23.2 Å². The Bertz CT molecular complexity index is 817. The molecule has 0 saturated heterocycles. The maximum absolute atomic E-state index is 12.7. The number of rotatable bonds is 4. The van der Waals surface area contributed by atoms with Crippen LogP contribution in [-0.2, 0) is 6.54 Å². The smallest absolute Gasteiger partial charge is 0.256 e. The average molecular weight is 387 g/mol. The van der Waals surface area contributed by atoms with Crippen molar-refractivity contribution in [3.05, 3.63) is 63.1 Å². The minimum atomic E-state index is -0.250. The zero-order valence-corrected chi connectivity index (χ0v) is 15.3. The molecule has 5 heteroatoms. The minimum Gasteiger partial charge on any atom is -0.334 e. The second kappa shape index (κ2) is 6.77. The lowest BCUT2D eigenvalue weighted by atomic mass is 10.0. The number of anilines is 1. The normalized spacial score (nSPS) is 13.1. The lowest BCUT2D eigenvalue weighted by Crippen LogP contribution is -2.26. The van der Waals surface area contributed by atoms with Crippen LogP contribution >= 0.6 is 15.9 Å². The summed E-state index contributed by atoms with van der Waals surface area (Å²) >= 11 is 3.45. The van der Waals surface area contributed by atoms with E-state index in [-0.39, 0.29) is 11.8 Å². The van der Waals surface area contributed by atoms with Crippen LogP contribution in [0.1, 0.15) is 45.2 Å². The first-order valence-corrected chi connectivity index (χ1v) is 8.79. The van der Waals surface area contributed by atoms with E-state index in [1.807, 2.05) is 44.2 Å². The van der Waals surface area contributed by atoms with E-state index < -0.39 is 0 Å². The number of amides is 2. The summed E-state index contributed by atoms with van der Waals surface area (Å²) in [4.78, 5) is 27.1. The van der Waals surface area contributed by atoms with Gasteiger partial charge in [-0.15, -0.1) is 0 Å². The van der Waals surface area contributed by atoms with Gasteiger partial charge in [0.2, 0.25) is 0 Å². The van der Waals surface area contributed by atoms with Crippen LogP contribution in [0.3, 0.4) is 0 Å². The van der Waals surface area contributed by atoms with Gasteiger partial charge in [-0.05, 0) is 48.7 Å². The van der Waals surface area contributed by atoms with Gasteiger partial charge in [-0.3, -0.25) is 9.59 Å². The van der Waals surface area contributed by atoms with Crippen molar-refractivity contribution >= 4 is 33.4 Å². The lowest BCUT2D eigenvalue weighted by Gasteiger charge is -2.14. The molecular formula is C19H19BrN2O2. The standard InChI is InChI=1S/C19H19BrN2O2/c1-3-9-22-11-13-5-4-6-15(17(13)19(22)24)18(23)21-14-7-8-16(20)12(2)10-14/h4-8,10H,3,9,11H2,1-2H3,(H,21,23). The summed E-state index contributed by atoms with van der Waals surface area (Å²) in [6.07, 6.45) is 0.902. The molecule has 124 valence electrons. The number of halogens is 1. The molecule has 0 atom stereocenters. The zero-order valence-electron chi connectivity index (χ0n) is 13.7. The number of nitrogens with one attached hydrogen (secondary N) is 1. The van der Waals surface area contributed by atoms with Crippen molar-refractivity contribution in [2.45, 2.75) is 26.8 Å². The number of hydrogen-bond acceptors (Lipinski definition) is 2. The summed E-state index contributed by atoms with van der Waals surface area (Å²) in [5, 5.41) is 2.89. The first-order valence-electron chi connectivity index (χ1n) is 8.00. The molecule has 0 aliphatic carbocycles. The largest absolute Gasteiger partial charge is 0.334 e. The van der Waals surface area contributed by atoms with Gasteiger partial charge >= 0.3 is 0 Å². The number of hydrogen-bond donors (Lipinski definition) is 1. The number of carbonyl (C=O) groups excluding carboxylic acids is 2. The molecule has 0 saturated carbocycles. The molecule has 2 aromatic rings. The number of nitrogens with zero attached hydrogens (tertiary/aromatic N) is 1. The van der Waals surface area contributed by atoms with E-state index in [9.17, 15) is 9.59 Å². The van der Waals surface area contributed by atoms with Crippen LogP contribution in [0.25, 0.3) is 0 Å². The number of aryl methyl sites for hydroxylation is 1. The number of benzene rings is 2. The molecule has 0 bridgehead atoms. The number of carbonyl (C=O) groups is 2. The third-order valence-corrected chi connectivity index (χ3v) is 5.06. The second-order valence-corrected chi connectivity index (χ2v) is 6.84. The molecule has 0 spiro atoms. The molecular weight excluding hydrogens is 368 g/mol. The molecule has 2 aromatic carbocycles. The SMILES string of the molecule is CCCN1Cc2cccc(C(=O)Nc3ccc(Br)c(C)c3)c2C1=O. The second-order valence-electron chi connectivity index (χ2n) is 5.98. The predicted molar refractivity (Wildman–Crippen MR) is 98.3 cm³/mol. The summed E-state index contributed by atoms with van der Waals surface area (Å²) in [6, 6.07) is 11.1. The van der Waals surface area contributed by atoms with Crippen LogP contribution in [0.2, 0.25) is 0 Å². The quantitative estimate of drug-likeness (QED) is 0.847. The molecule has 2 amide bonds. The fourth-order valence-corrected chi connectivity index (χ4v) is 3.23. The maximum Gasteiger partial charge on any atom is 0.256 e. The third kappa shape index (κ3) is 3.08. The van der Waals surface area contributed by atoms with Gasteiger partial charge in [-0.1, -0.05) is 35.0 Å². The van der Waals surface area contributed by atoms with Crippen LogP contribution in [0.15, 0.2) is 40.9 Å². The van der Waals surface area contributed by atoms with Gasteiger partial charge in [-0.2, -0.15) is 0 Å². The van der Waals surface area contributed by atoms with Gasteiger partial charge in [-0.25, -0.2) is 0 Å². The van der Waals surface area contributed by atoms with Gasteiger partial charge in [0.05, 0.1) is 11.1 Å². The summed E-state index contributed by atoms with van der Waals surface area (Å²) < 4.78 is 0.992. The topological polar surface area (TPSA) is 49.4 Å². The Morgan fingerprint density at radius 3 is 2.79 bits per heavy atom. The molecule has 24 heavy (non-hydrogen) atoms. The molecule has 4 nitrogen and oxygen atoms in total. The van der Waals surface area contributed by atoms with Gasteiger partial charge < -0.3 is 10.2 Å². The van der Waals surface area contributed by atoms with Crippen molar-refractivity contribution in [2.24, 2.45) is 0 Å². The van der Waals surface area contributed by atoms with E-state index in [0.717, 1.165) is 22.0 Å². The van der Waals surface area contributed by atoms with E-state index in [2.05, 4.69) is 21.2 Å². The molecule has 1 aliphatic heterocycles. The molecule has 0 aromatic heterocycles. The summed E-state index contributed by atoms with van der Waals surface area (Å²) in [5.74, 6) is -0.301. The van der Waals surface area contributed by atoms with Crippen molar-refractivity contribution < 1.29 is 9.59 Å². The van der Waals surface area contributed by atoms with Crippen molar-refractivity contribution in [3.8, 4) is 0 Å². The van der Waals surface area contributed by atoms with E-state index in [4.69, 9.17) is 0 Å². The molecule has 0 unspecified atom stereocenters. The fourth-order valence-electron chi connectivity index (χ4n) is 2.98. The van der Waals surface area contributed by atoms with Crippen molar-refractivity contribution in [1.82, 2.24) is 4.90 Å². The molecule has 1 aliphatic rings. The highest BCUT2D eigenvalue weighted by molar-refractivity contribution is 9.10. The zero-order chi connectivity index (χ0) is 17.3. The molecule has 0 radical (unpaired) electrons. The average Bonchev–Trinajstić information content (AvgIpc) is 2.88. The highest BCUT2D eigenvalue weighted by Gasteiger charge is 2.31. The van der Waals surface area contributed by atoms with Crippen LogP contribution in [0, 0.1) is 6.92 Å². The van der Waals surface area contributed by atoms with Crippen LogP contribution in [0.5, 0.6) is 0 Å². The van der Waals surface area contributed by atoms with E-state index in [0.29, 0.717) is 29.9 Å².